The van der Waals surface area contributed by atoms with Gasteiger partial charge in [0.05, 0.1) is 4.47 Å². The van der Waals surface area contributed by atoms with Crippen LogP contribution >= 0.6 is 15.9 Å². The SMILES string of the molecule is Cc1cc(Br)c(F)cc1NC(=O)c1c(F)cccc1F. The second-order valence-corrected chi connectivity index (χ2v) is 4.99. The number of rotatable bonds is 2. The Bertz CT molecular complexity index is 668. The van der Waals surface area contributed by atoms with Crippen molar-refractivity contribution in [2.24, 2.45) is 0 Å². The maximum absolute atomic E-state index is 13.5. The molecule has 0 unspecified atom stereocenters. The molecule has 0 aliphatic carbocycles. The van der Waals surface area contributed by atoms with Gasteiger partial charge in [-0.3, -0.25) is 4.79 Å². The van der Waals surface area contributed by atoms with Crippen LogP contribution in [0.4, 0.5) is 18.9 Å². The van der Waals surface area contributed by atoms with Crippen molar-refractivity contribution < 1.29 is 18.0 Å². The molecule has 0 saturated heterocycles. The Hall–Kier alpha value is -1.82. The van der Waals surface area contributed by atoms with Crippen molar-refractivity contribution in [3.05, 3.63) is 63.4 Å². The van der Waals surface area contributed by atoms with Crippen LogP contribution in [0.1, 0.15) is 15.9 Å². The Kier molecular flexibility index (Phi) is 4.13. The van der Waals surface area contributed by atoms with Crippen LogP contribution in [0.3, 0.4) is 0 Å². The van der Waals surface area contributed by atoms with Crippen LogP contribution in [0.25, 0.3) is 0 Å². The highest BCUT2D eigenvalue weighted by Gasteiger charge is 2.18. The fourth-order valence-corrected chi connectivity index (χ4v) is 2.14. The molecule has 0 fully saturated rings. The van der Waals surface area contributed by atoms with Crippen LogP contribution < -0.4 is 5.32 Å². The van der Waals surface area contributed by atoms with Crippen molar-refractivity contribution >= 4 is 27.5 Å². The third kappa shape index (κ3) is 2.85. The van der Waals surface area contributed by atoms with Gasteiger partial charge in [-0.25, -0.2) is 13.2 Å². The molecule has 2 aromatic carbocycles. The van der Waals surface area contributed by atoms with E-state index in [-0.39, 0.29) is 10.2 Å². The lowest BCUT2D eigenvalue weighted by molar-refractivity contribution is 0.101. The number of nitrogens with one attached hydrogen (secondary N) is 1. The minimum Gasteiger partial charge on any atom is -0.321 e. The molecule has 0 aromatic heterocycles. The average molecular weight is 344 g/mol. The molecule has 0 heterocycles. The molecule has 0 radical (unpaired) electrons. The standard InChI is InChI=1S/C14H9BrF3NO/c1-7-5-8(15)11(18)6-12(7)19-14(20)13-9(16)3-2-4-10(13)17/h2-6H,1H3,(H,19,20). The first-order chi connectivity index (χ1) is 9.40. The van der Waals surface area contributed by atoms with Gasteiger partial charge in [-0.15, -0.1) is 0 Å². The van der Waals surface area contributed by atoms with E-state index < -0.39 is 28.9 Å². The Labute approximate surface area is 121 Å². The molecule has 1 N–H and O–H groups in total. The van der Waals surface area contributed by atoms with E-state index in [4.69, 9.17) is 0 Å². The first kappa shape index (κ1) is 14.6. The fraction of sp³-hybridized carbons (Fsp3) is 0.0714. The van der Waals surface area contributed by atoms with Gasteiger partial charge in [0.2, 0.25) is 0 Å². The number of benzene rings is 2. The molecule has 104 valence electrons. The summed E-state index contributed by atoms with van der Waals surface area (Å²) in [6.07, 6.45) is 0. The van der Waals surface area contributed by atoms with Gasteiger partial charge in [-0.2, -0.15) is 0 Å². The molecular formula is C14H9BrF3NO. The summed E-state index contributed by atoms with van der Waals surface area (Å²) in [4.78, 5) is 11.9. The van der Waals surface area contributed by atoms with Crippen LogP contribution in [0.15, 0.2) is 34.8 Å². The maximum Gasteiger partial charge on any atom is 0.261 e. The monoisotopic (exact) mass is 343 g/mol. The molecular weight excluding hydrogens is 335 g/mol. The van der Waals surface area contributed by atoms with Gasteiger partial charge in [0.15, 0.2) is 0 Å². The molecule has 2 rings (SSSR count). The summed E-state index contributed by atoms with van der Waals surface area (Å²) in [6, 6.07) is 5.66. The number of hydrogen-bond donors (Lipinski definition) is 1. The zero-order valence-electron chi connectivity index (χ0n) is 10.3. The van der Waals surface area contributed by atoms with Gasteiger partial charge in [0.25, 0.3) is 5.91 Å². The normalized spacial score (nSPS) is 10.4. The third-order valence-electron chi connectivity index (χ3n) is 2.71. The molecule has 0 aliphatic rings. The summed E-state index contributed by atoms with van der Waals surface area (Å²) < 4.78 is 40.6. The van der Waals surface area contributed by atoms with Crippen molar-refractivity contribution in [2.45, 2.75) is 6.92 Å². The lowest BCUT2D eigenvalue weighted by Gasteiger charge is -2.10. The van der Waals surface area contributed by atoms with Gasteiger partial charge in [-0.05, 0) is 52.7 Å². The fourth-order valence-electron chi connectivity index (χ4n) is 1.68. The summed E-state index contributed by atoms with van der Waals surface area (Å²) in [5.41, 5.74) is 0.0111. The van der Waals surface area contributed by atoms with Crippen LogP contribution in [-0.2, 0) is 0 Å². The van der Waals surface area contributed by atoms with E-state index in [2.05, 4.69) is 21.2 Å². The molecule has 2 aromatic rings. The number of carbonyl (C=O) groups is 1. The van der Waals surface area contributed by atoms with Crippen molar-refractivity contribution in [3.8, 4) is 0 Å². The molecule has 20 heavy (non-hydrogen) atoms. The van der Waals surface area contributed by atoms with Gasteiger partial charge < -0.3 is 5.32 Å². The minimum absolute atomic E-state index is 0.151. The van der Waals surface area contributed by atoms with Crippen molar-refractivity contribution in [3.63, 3.8) is 0 Å². The van der Waals surface area contributed by atoms with Crippen LogP contribution in [0, 0.1) is 24.4 Å². The first-order valence-electron chi connectivity index (χ1n) is 5.61. The third-order valence-corrected chi connectivity index (χ3v) is 3.31. The zero-order valence-corrected chi connectivity index (χ0v) is 11.9. The van der Waals surface area contributed by atoms with E-state index in [1.54, 1.807) is 6.92 Å². The molecule has 0 atom stereocenters. The Morgan fingerprint density at radius 1 is 1.10 bits per heavy atom. The summed E-state index contributed by atoms with van der Waals surface area (Å²) in [5.74, 6) is -3.50. The second kappa shape index (κ2) is 5.66. The quantitative estimate of drug-likeness (QED) is 0.858. The van der Waals surface area contributed by atoms with Crippen molar-refractivity contribution in [1.82, 2.24) is 0 Å². The number of hydrogen-bond acceptors (Lipinski definition) is 1. The number of amides is 1. The second-order valence-electron chi connectivity index (χ2n) is 4.13. The summed E-state index contributed by atoms with van der Waals surface area (Å²) >= 11 is 3.01. The number of halogens is 4. The average Bonchev–Trinajstić information content (AvgIpc) is 2.35. The highest BCUT2D eigenvalue weighted by atomic mass is 79.9. The lowest BCUT2D eigenvalue weighted by Crippen LogP contribution is -2.16. The molecule has 0 bridgehead atoms. The van der Waals surface area contributed by atoms with E-state index in [0.29, 0.717) is 5.56 Å². The Morgan fingerprint density at radius 2 is 1.70 bits per heavy atom. The molecule has 1 amide bonds. The summed E-state index contributed by atoms with van der Waals surface area (Å²) in [7, 11) is 0. The molecule has 0 aliphatic heterocycles. The Morgan fingerprint density at radius 3 is 2.30 bits per heavy atom. The van der Waals surface area contributed by atoms with Gasteiger partial charge >= 0.3 is 0 Å². The highest BCUT2D eigenvalue weighted by molar-refractivity contribution is 9.10. The number of anilines is 1. The molecule has 0 saturated carbocycles. The number of aryl methyl sites for hydroxylation is 1. The number of carbonyl (C=O) groups excluding carboxylic acids is 1. The largest absolute Gasteiger partial charge is 0.321 e. The maximum atomic E-state index is 13.5. The van der Waals surface area contributed by atoms with Gasteiger partial charge in [0.1, 0.15) is 23.0 Å². The Balaban J connectivity index is 2.35. The summed E-state index contributed by atoms with van der Waals surface area (Å²) in [6.45, 7) is 1.64. The first-order valence-corrected chi connectivity index (χ1v) is 6.40. The van der Waals surface area contributed by atoms with Crippen LogP contribution in [0.2, 0.25) is 0 Å². The van der Waals surface area contributed by atoms with E-state index in [0.717, 1.165) is 24.3 Å². The van der Waals surface area contributed by atoms with E-state index in [1.165, 1.54) is 6.07 Å². The van der Waals surface area contributed by atoms with Gasteiger partial charge in [0, 0.05) is 5.69 Å². The van der Waals surface area contributed by atoms with Crippen molar-refractivity contribution in [1.29, 1.82) is 0 Å². The predicted molar refractivity (Wildman–Crippen MR) is 73.1 cm³/mol. The van der Waals surface area contributed by atoms with Crippen LogP contribution in [0.5, 0.6) is 0 Å². The lowest BCUT2D eigenvalue weighted by atomic mass is 10.1. The predicted octanol–water partition coefficient (Wildman–Crippen LogP) is 4.43. The van der Waals surface area contributed by atoms with E-state index >= 15 is 0 Å². The van der Waals surface area contributed by atoms with E-state index in [1.807, 2.05) is 0 Å². The zero-order chi connectivity index (χ0) is 14.9. The molecule has 0 spiro atoms. The van der Waals surface area contributed by atoms with Crippen LogP contribution in [-0.4, -0.2) is 5.91 Å². The smallest absolute Gasteiger partial charge is 0.261 e. The topological polar surface area (TPSA) is 29.1 Å². The molecule has 6 heteroatoms. The minimum atomic E-state index is -0.974. The van der Waals surface area contributed by atoms with Gasteiger partial charge in [-0.1, -0.05) is 6.07 Å². The highest BCUT2D eigenvalue weighted by Crippen LogP contribution is 2.25. The molecule has 2 nitrogen and oxygen atoms in total. The van der Waals surface area contributed by atoms with Crippen molar-refractivity contribution in [2.75, 3.05) is 5.32 Å². The van der Waals surface area contributed by atoms with E-state index in [9.17, 15) is 18.0 Å². The summed E-state index contributed by atoms with van der Waals surface area (Å²) in [5, 5.41) is 2.30.